The molecule has 7 nitrogen and oxygen atoms in total. The van der Waals surface area contributed by atoms with Crippen LogP contribution in [0.1, 0.15) is 16.7 Å². The molecule has 0 fully saturated rings. The number of hydrogen-bond acceptors (Lipinski definition) is 4. The van der Waals surface area contributed by atoms with Gasteiger partial charge in [-0.1, -0.05) is 42.5 Å². The number of ether oxygens (including phenoxy) is 1. The van der Waals surface area contributed by atoms with Crippen LogP contribution in [0, 0.1) is 0 Å². The van der Waals surface area contributed by atoms with Crippen LogP contribution in [0.2, 0.25) is 0 Å². The van der Waals surface area contributed by atoms with Crippen molar-refractivity contribution >= 4 is 29.0 Å². The summed E-state index contributed by atoms with van der Waals surface area (Å²) >= 11 is 0. The highest BCUT2D eigenvalue weighted by Gasteiger charge is 2.18. The predicted molar refractivity (Wildman–Crippen MR) is 124 cm³/mol. The van der Waals surface area contributed by atoms with Gasteiger partial charge in [-0.2, -0.15) is 0 Å². The number of urea groups is 1. The van der Waals surface area contributed by atoms with Gasteiger partial charge in [-0.15, -0.1) is 0 Å². The monoisotopic (exact) mass is 428 g/mol. The summed E-state index contributed by atoms with van der Waals surface area (Å²) in [6.45, 7) is 2.35. The minimum Gasteiger partial charge on any atom is -0.482 e. The minimum absolute atomic E-state index is 0.00434. The number of fused-ring (bicyclic) bond motifs is 2. The van der Waals surface area contributed by atoms with E-state index in [9.17, 15) is 9.59 Å². The van der Waals surface area contributed by atoms with Crippen LogP contribution in [0.3, 0.4) is 0 Å². The fraction of sp³-hybridized carbons (Fsp3) is 0.200. The topological polar surface area (TPSA) is 82.7 Å². The van der Waals surface area contributed by atoms with Crippen LogP contribution in [0.4, 0.5) is 21.9 Å². The fourth-order valence-corrected chi connectivity index (χ4v) is 4.07. The summed E-state index contributed by atoms with van der Waals surface area (Å²) < 4.78 is 5.33. The summed E-state index contributed by atoms with van der Waals surface area (Å²) in [5, 5.41) is 8.37. The fourth-order valence-electron chi connectivity index (χ4n) is 4.07. The van der Waals surface area contributed by atoms with Gasteiger partial charge in [0.1, 0.15) is 5.75 Å². The van der Waals surface area contributed by atoms with Crippen LogP contribution in [-0.2, 0) is 24.3 Å². The molecule has 0 spiro atoms. The van der Waals surface area contributed by atoms with Gasteiger partial charge in [0.2, 0.25) is 0 Å². The van der Waals surface area contributed by atoms with Gasteiger partial charge in [-0.3, -0.25) is 4.79 Å². The van der Waals surface area contributed by atoms with E-state index in [2.05, 4.69) is 57.2 Å². The first-order valence-corrected chi connectivity index (χ1v) is 10.7. The standard InChI is InChI=1S/C25H24N4O3/c30-24-16-32-23-10-9-20(13-21(23)28-24)27-25(31)26-14-17-5-7-18(8-6-17)15-29-12-11-19-3-1-2-4-22(19)29/h1-10,13H,11-12,14-16H2,(H,28,30)(H2,26,27,31). The van der Waals surface area contributed by atoms with Crippen LogP contribution in [-0.4, -0.2) is 25.1 Å². The van der Waals surface area contributed by atoms with Gasteiger partial charge >= 0.3 is 6.03 Å². The summed E-state index contributed by atoms with van der Waals surface area (Å²) in [7, 11) is 0. The van der Waals surface area contributed by atoms with E-state index in [1.807, 2.05) is 12.1 Å². The minimum atomic E-state index is -0.314. The number of hydrogen-bond donors (Lipinski definition) is 3. The summed E-state index contributed by atoms with van der Waals surface area (Å²) in [6, 6.07) is 21.7. The van der Waals surface area contributed by atoms with Gasteiger partial charge in [0.05, 0.1) is 5.69 Å². The second kappa shape index (κ2) is 8.63. The Morgan fingerprint density at radius 3 is 2.72 bits per heavy atom. The third-order valence-corrected chi connectivity index (χ3v) is 5.70. The highest BCUT2D eigenvalue weighted by atomic mass is 16.5. The summed E-state index contributed by atoms with van der Waals surface area (Å²) in [4.78, 5) is 26.1. The molecule has 0 aliphatic carbocycles. The van der Waals surface area contributed by atoms with Crippen molar-refractivity contribution in [2.24, 2.45) is 0 Å². The van der Waals surface area contributed by atoms with Crippen molar-refractivity contribution < 1.29 is 14.3 Å². The molecule has 3 N–H and O–H groups in total. The first kappa shape index (κ1) is 19.9. The van der Waals surface area contributed by atoms with Crippen LogP contribution < -0.4 is 25.6 Å². The Bertz CT molecular complexity index is 1160. The van der Waals surface area contributed by atoms with Crippen molar-refractivity contribution in [2.45, 2.75) is 19.5 Å². The molecule has 0 saturated heterocycles. The first-order chi connectivity index (χ1) is 15.6. The summed E-state index contributed by atoms with van der Waals surface area (Å²) in [5.41, 5.74) is 6.13. The molecule has 0 radical (unpaired) electrons. The molecule has 32 heavy (non-hydrogen) atoms. The number of amides is 3. The molecule has 0 bridgehead atoms. The number of carbonyl (C=O) groups is 2. The average molecular weight is 428 g/mol. The van der Waals surface area contributed by atoms with Gasteiger partial charge in [-0.05, 0) is 47.4 Å². The summed E-state index contributed by atoms with van der Waals surface area (Å²) in [5.74, 6) is 0.379. The molecular weight excluding hydrogens is 404 g/mol. The van der Waals surface area contributed by atoms with Crippen molar-refractivity contribution in [3.05, 3.63) is 83.4 Å². The van der Waals surface area contributed by atoms with E-state index in [4.69, 9.17) is 4.74 Å². The molecule has 5 rings (SSSR count). The van der Waals surface area contributed by atoms with Crippen molar-refractivity contribution in [3.63, 3.8) is 0 Å². The van der Waals surface area contributed by atoms with E-state index in [0.717, 1.165) is 25.1 Å². The van der Waals surface area contributed by atoms with Gasteiger partial charge in [0, 0.05) is 31.0 Å². The van der Waals surface area contributed by atoms with Crippen molar-refractivity contribution in [1.82, 2.24) is 5.32 Å². The Labute approximate surface area is 186 Å². The molecule has 3 aromatic carbocycles. The third kappa shape index (κ3) is 4.37. The lowest BCUT2D eigenvalue weighted by molar-refractivity contribution is -0.118. The van der Waals surface area contributed by atoms with Gasteiger partial charge in [0.25, 0.3) is 5.91 Å². The Morgan fingerprint density at radius 1 is 1.03 bits per heavy atom. The van der Waals surface area contributed by atoms with Crippen molar-refractivity contribution in [3.8, 4) is 5.75 Å². The Morgan fingerprint density at radius 2 is 1.84 bits per heavy atom. The van der Waals surface area contributed by atoms with E-state index in [1.165, 1.54) is 16.8 Å². The van der Waals surface area contributed by atoms with E-state index >= 15 is 0 Å². The molecule has 7 heteroatoms. The zero-order valence-electron chi connectivity index (χ0n) is 17.6. The first-order valence-electron chi connectivity index (χ1n) is 10.7. The smallest absolute Gasteiger partial charge is 0.319 e. The lowest BCUT2D eigenvalue weighted by atomic mass is 10.1. The number of para-hydroxylation sites is 1. The maximum Gasteiger partial charge on any atom is 0.319 e. The molecular formula is C25H24N4O3. The maximum absolute atomic E-state index is 12.3. The third-order valence-electron chi connectivity index (χ3n) is 5.70. The zero-order valence-corrected chi connectivity index (χ0v) is 17.6. The molecule has 162 valence electrons. The molecule has 0 aromatic heterocycles. The number of anilines is 3. The second-order valence-electron chi connectivity index (χ2n) is 7.97. The maximum atomic E-state index is 12.3. The van der Waals surface area contributed by atoms with Crippen LogP contribution in [0.25, 0.3) is 0 Å². The zero-order chi connectivity index (χ0) is 21.9. The lowest BCUT2D eigenvalue weighted by Crippen LogP contribution is -2.29. The van der Waals surface area contributed by atoms with Crippen LogP contribution in [0.15, 0.2) is 66.7 Å². The molecule has 3 amide bonds. The SMILES string of the molecule is O=C1COc2ccc(NC(=O)NCc3ccc(CN4CCc5ccccc54)cc3)cc2N1. The largest absolute Gasteiger partial charge is 0.482 e. The molecule has 0 saturated carbocycles. The average Bonchev–Trinajstić information content (AvgIpc) is 3.21. The Balaban J connectivity index is 1.13. The Kier molecular flexibility index (Phi) is 5.37. The van der Waals surface area contributed by atoms with Crippen molar-refractivity contribution in [2.75, 3.05) is 28.7 Å². The highest BCUT2D eigenvalue weighted by Crippen LogP contribution is 2.30. The Hall–Kier alpha value is -4.00. The number of benzene rings is 3. The van der Waals surface area contributed by atoms with E-state index in [-0.39, 0.29) is 18.5 Å². The molecule has 2 heterocycles. The second-order valence-corrected chi connectivity index (χ2v) is 7.97. The molecule has 2 aliphatic heterocycles. The van der Waals surface area contributed by atoms with E-state index < -0.39 is 0 Å². The normalized spacial score (nSPS) is 14.1. The molecule has 2 aliphatic rings. The number of nitrogens with zero attached hydrogens (tertiary/aromatic N) is 1. The molecule has 0 unspecified atom stereocenters. The van der Waals surface area contributed by atoms with E-state index in [0.29, 0.717) is 23.7 Å². The van der Waals surface area contributed by atoms with Crippen molar-refractivity contribution in [1.29, 1.82) is 0 Å². The number of rotatable bonds is 5. The quantitative estimate of drug-likeness (QED) is 0.576. The predicted octanol–water partition coefficient (Wildman–Crippen LogP) is 3.90. The molecule has 3 aromatic rings. The summed E-state index contributed by atoms with van der Waals surface area (Å²) in [6.07, 6.45) is 1.09. The van der Waals surface area contributed by atoms with Gasteiger partial charge in [-0.25, -0.2) is 4.79 Å². The lowest BCUT2D eigenvalue weighted by Gasteiger charge is -2.19. The van der Waals surface area contributed by atoms with Crippen LogP contribution in [0.5, 0.6) is 5.75 Å². The number of nitrogens with one attached hydrogen (secondary N) is 3. The number of carbonyl (C=O) groups excluding carboxylic acids is 2. The van der Waals surface area contributed by atoms with Gasteiger partial charge < -0.3 is 25.6 Å². The van der Waals surface area contributed by atoms with Crippen LogP contribution >= 0.6 is 0 Å². The highest BCUT2D eigenvalue weighted by molar-refractivity contribution is 5.97. The van der Waals surface area contributed by atoms with E-state index in [1.54, 1.807) is 18.2 Å². The van der Waals surface area contributed by atoms with Gasteiger partial charge in [0.15, 0.2) is 6.61 Å². The molecule has 0 atom stereocenters.